The first kappa shape index (κ1) is 19.4. The zero-order valence-corrected chi connectivity index (χ0v) is 15.5. The summed E-state index contributed by atoms with van der Waals surface area (Å²) < 4.78 is 10.2. The van der Waals surface area contributed by atoms with Crippen molar-refractivity contribution in [2.24, 2.45) is 0 Å². The molecule has 0 aliphatic carbocycles. The lowest BCUT2D eigenvalue weighted by Gasteiger charge is -2.19. The van der Waals surface area contributed by atoms with Crippen molar-refractivity contribution in [3.8, 4) is 11.1 Å². The number of esters is 2. The Hall–Kier alpha value is -3.33. The Morgan fingerprint density at radius 3 is 2.68 bits per heavy atom. The van der Waals surface area contributed by atoms with Crippen molar-refractivity contribution in [3.63, 3.8) is 0 Å². The van der Waals surface area contributed by atoms with E-state index >= 15 is 0 Å². The standard InChI is InChI=1S/C19H18N2O7/c1-10-14(17(22)28-9-19(2,3)24)15(16-12(20-10)8-27-18(16)23)11-6-4-5-7-13(11)21(25)26/h4-7,24H,8-9H2,1-3H3. The van der Waals surface area contributed by atoms with Gasteiger partial charge >= 0.3 is 11.9 Å². The van der Waals surface area contributed by atoms with Crippen LogP contribution in [0, 0.1) is 17.0 Å². The van der Waals surface area contributed by atoms with Gasteiger partial charge in [0.05, 0.1) is 38.6 Å². The number of hydrogen-bond acceptors (Lipinski definition) is 8. The van der Waals surface area contributed by atoms with E-state index in [1.807, 2.05) is 0 Å². The third-order valence-corrected chi connectivity index (χ3v) is 4.13. The molecule has 2 aromatic rings. The van der Waals surface area contributed by atoms with Crippen molar-refractivity contribution < 1.29 is 29.1 Å². The molecule has 2 heterocycles. The van der Waals surface area contributed by atoms with E-state index in [1.54, 1.807) is 13.0 Å². The summed E-state index contributed by atoms with van der Waals surface area (Å²) >= 11 is 0. The third-order valence-electron chi connectivity index (χ3n) is 4.13. The molecule has 9 nitrogen and oxygen atoms in total. The topological polar surface area (TPSA) is 129 Å². The van der Waals surface area contributed by atoms with Gasteiger partial charge in [-0.05, 0) is 26.8 Å². The number of nitro benzene ring substituents is 1. The number of carbonyl (C=O) groups is 2. The van der Waals surface area contributed by atoms with E-state index in [1.165, 1.54) is 32.0 Å². The Morgan fingerprint density at radius 1 is 1.36 bits per heavy atom. The molecule has 3 rings (SSSR count). The second-order valence-corrected chi connectivity index (χ2v) is 7.01. The number of nitro groups is 1. The molecule has 28 heavy (non-hydrogen) atoms. The van der Waals surface area contributed by atoms with E-state index in [4.69, 9.17) is 9.47 Å². The minimum Gasteiger partial charge on any atom is -0.459 e. The molecular formula is C19H18N2O7. The number of aliphatic hydroxyl groups is 1. The Kier molecular flexibility index (Phi) is 4.86. The molecule has 0 spiro atoms. The highest BCUT2D eigenvalue weighted by Crippen LogP contribution is 2.39. The SMILES string of the molecule is Cc1nc2c(c(-c3ccccc3[N+](=O)[O-])c1C(=O)OCC(C)(C)O)C(=O)OC2. The van der Waals surface area contributed by atoms with Gasteiger partial charge in [-0.15, -0.1) is 0 Å². The Labute approximate surface area is 160 Å². The highest BCUT2D eigenvalue weighted by molar-refractivity contribution is 6.09. The zero-order chi connectivity index (χ0) is 20.6. The molecule has 0 saturated carbocycles. The Balaban J connectivity index is 2.27. The molecule has 1 aliphatic rings. The Morgan fingerprint density at radius 2 is 2.04 bits per heavy atom. The molecule has 1 aromatic carbocycles. The molecule has 0 saturated heterocycles. The number of fused-ring (bicyclic) bond motifs is 1. The van der Waals surface area contributed by atoms with Gasteiger partial charge in [0.1, 0.15) is 13.2 Å². The first-order valence-electron chi connectivity index (χ1n) is 8.44. The van der Waals surface area contributed by atoms with E-state index in [-0.39, 0.29) is 46.8 Å². The number of aryl methyl sites for hydroxylation is 1. The van der Waals surface area contributed by atoms with Gasteiger partial charge < -0.3 is 14.6 Å². The number of aromatic nitrogens is 1. The smallest absolute Gasteiger partial charge is 0.341 e. The van der Waals surface area contributed by atoms with Crippen molar-refractivity contribution in [2.45, 2.75) is 33.0 Å². The number of cyclic esters (lactones) is 1. The minimum absolute atomic E-state index is 0.00936. The maximum atomic E-state index is 12.8. The fourth-order valence-electron chi connectivity index (χ4n) is 2.97. The average Bonchev–Trinajstić information content (AvgIpc) is 2.98. The molecule has 1 aromatic heterocycles. The van der Waals surface area contributed by atoms with Crippen LogP contribution >= 0.6 is 0 Å². The Bertz CT molecular complexity index is 993. The fraction of sp³-hybridized carbons (Fsp3) is 0.316. The number of para-hydroxylation sites is 1. The lowest BCUT2D eigenvalue weighted by atomic mass is 9.92. The summed E-state index contributed by atoms with van der Waals surface area (Å²) in [6.07, 6.45) is 0. The monoisotopic (exact) mass is 386 g/mol. The van der Waals surface area contributed by atoms with E-state index < -0.39 is 22.5 Å². The lowest BCUT2D eigenvalue weighted by molar-refractivity contribution is -0.384. The number of ether oxygens (including phenoxy) is 2. The third kappa shape index (κ3) is 3.56. The molecule has 1 N–H and O–H groups in total. The average molecular weight is 386 g/mol. The van der Waals surface area contributed by atoms with Gasteiger partial charge in [-0.3, -0.25) is 15.1 Å². The molecule has 146 valence electrons. The van der Waals surface area contributed by atoms with Gasteiger partial charge in [0, 0.05) is 11.6 Å². The number of rotatable bonds is 5. The van der Waals surface area contributed by atoms with Gasteiger partial charge in [0.25, 0.3) is 5.69 Å². The first-order chi connectivity index (χ1) is 13.1. The molecule has 0 bridgehead atoms. The number of pyridine rings is 1. The van der Waals surface area contributed by atoms with Gasteiger partial charge in [0.15, 0.2) is 0 Å². The molecule has 0 amide bonds. The van der Waals surface area contributed by atoms with Crippen molar-refractivity contribution in [1.29, 1.82) is 0 Å². The zero-order valence-electron chi connectivity index (χ0n) is 15.5. The predicted octanol–water partition coefficient (Wildman–Crippen LogP) is 2.56. The van der Waals surface area contributed by atoms with E-state index in [9.17, 15) is 24.8 Å². The second kappa shape index (κ2) is 7.01. The minimum atomic E-state index is -1.27. The summed E-state index contributed by atoms with van der Waals surface area (Å²) in [5.41, 5.74) is -0.925. The molecule has 0 fully saturated rings. The maximum Gasteiger partial charge on any atom is 0.341 e. The quantitative estimate of drug-likeness (QED) is 0.471. The van der Waals surface area contributed by atoms with Crippen molar-refractivity contribution in [1.82, 2.24) is 4.98 Å². The number of benzene rings is 1. The molecule has 9 heteroatoms. The number of carbonyl (C=O) groups excluding carboxylic acids is 2. The predicted molar refractivity (Wildman–Crippen MR) is 96.8 cm³/mol. The van der Waals surface area contributed by atoms with Crippen molar-refractivity contribution in [3.05, 3.63) is 56.9 Å². The lowest BCUT2D eigenvalue weighted by Crippen LogP contribution is -2.28. The van der Waals surface area contributed by atoms with Crippen LogP contribution in [0.1, 0.15) is 46.0 Å². The summed E-state index contributed by atoms with van der Waals surface area (Å²) in [6, 6.07) is 5.78. The van der Waals surface area contributed by atoms with Gasteiger partial charge in [-0.25, -0.2) is 9.59 Å². The maximum absolute atomic E-state index is 12.8. The van der Waals surface area contributed by atoms with Crippen LogP contribution in [-0.4, -0.2) is 39.2 Å². The van der Waals surface area contributed by atoms with Crippen LogP contribution in [0.2, 0.25) is 0 Å². The summed E-state index contributed by atoms with van der Waals surface area (Å²) in [7, 11) is 0. The van der Waals surface area contributed by atoms with Gasteiger partial charge in [0.2, 0.25) is 0 Å². The van der Waals surface area contributed by atoms with Crippen LogP contribution < -0.4 is 0 Å². The number of nitrogens with zero attached hydrogens (tertiary/aromatic N) is 2. The van der Waals surface area contributed by atoms with E-state index in [0.717, 1.165) is 0 Å². The molecular weight excluding hydrogens is 368 g/mol. The largest absolute Gasteiger partial charge is 0.459 e. The fourth-order valence-corrected chi connectivity index (χ4v) is 2.97. The normalized spacial score (nSPS) is 13.1. The van der Waals surface area contributed by atoms with E-state index in [2.05, 4.69) is 4.98 Å². The molecule has 0 radical (unpaired) electrons. The van der Waals surface area contributed by atoms with Crippen molar-refractivity contribution in [2.75, 3.05) is 6.61 Å². The highest BCUT2D eigenvalue weighted by atomic mass is 16.6. The second-order valence-electron chi connectivity index (χ2n) is 7.01. The molecule has 0 unspecified atom stereocenters. The van der Waals surface area contributed by atoms with Crippen LogP contribution in [0.4, 0.5) is 5.69 Å². The van der Waals surface area contributed by atoms with Crippen LogP contribution in [0.25, 0.3) is 11.1 Å². The molecule has 1 aliphatic heterocycles. The first-order valence-corrected chi connectivity index (χ1v) is 8.44. The van der Waals surface area contributed by atoms with Crippen LogP contribution in [-0.2, 0) is 16.1 Å². The summed E-state index contributed by atoms with van der Waals surface area (Å²) in [4.78, 5) is 40.3. The number of hydrogen-bond donors (Lipinski definition) is 1. The van der Waals surface area contributed by atoms with Crippen molar-refractivity contribution >= 4 is 17.6 Å². The van der Waals surface area contributed by atoms with Crippen LogP contribution in [0.3, 0.4) is 0 Å². The van der Waals surface area contributed by atoms with Gasteiger partial charge in [-0.2, -0.15) is 0 Å². The molecule has 0 atom stereocenters. The summed E-state index contributed by atoms with van der Waals surface area (Å²) in [5.74, 6) is -1.56. The van der Waals surface area contributed by atoms with Crippen LogP contribution in [0.5, 0.6) is 0 Å². The highest BCUT2D eigenvalue weighted by Gasteiger charge is 2.35. The van der Waals surface area contributed by atoms with E-state index in [0.29, 0.717) is 5.69 Å². The van der Waals surface area contributed by atoms with Gasteiger partial charge in [-0.1, -0.05) is 12.1 Å². The summed E-state index contributed by atoms with van der Waals surface area (Å²) in [5, 5.41) is 21.4. The van der Waals surface area contributed by atoms with Crippen LogP contribution in [0.15, 0.2) is 24.3 Å². The summed E-state index contributed by atoms with van der Waals surface area (Å²) in [6.45, 7) is 4.09.